The molecule has 0 atom stereocenters. The van der Waals surface area contributed by atoms with Crippen molar-refractivity contribution in [3.05, 3.63) is 22.3 Å². The highest BCUT2D eigenvalue weighted by Gasteiger charge is 2.03. The van der Waals surface area contributed by atoms with Crippen LogP contribution in [-0.2, 0) is 4.74 Å². The third-order valence-electron chi connectivity index (χ3n) is 3.50. The third-order valence-corrected chi connectivity index (χ3v) is 4.00. The summed E-state index contributed by atoms with van der Waals surface area (Å²) in [5, 5.41) is 10.7. The van der Waals surface area contributed by atoms with E-state index in [-0.39, 0.29) is 24.0 Å². The van der Waals surface area contributed by atoms with Crippen LogP contribution in [0.25, 0.3) is 0 Å². The maximum atomic E-state index is 6.09. The molecule has 3 N–H and O–H groups in total. The Labute approximate surface area is 189 Å². The van der Waals surface area contributed by atoms with Crippen molar-refractivity contribution in [2.24, 2.45) is 4.99 Å². The van der Waals surface area contributed by atoms with Gasteiger partial charge in [0.05, 0.1) is 16.6 Å². The van der Waals surface area contributed by atoms with Gasteiger partial charge in [-0.25, -0.2) is 4.98 Å². The molecule has 7 nitrogen and oxygen atoms in total. The molecule has 1 heterocycles. The van der Waals surface area contributed by atoms with Gasteiger partial charge in [0.15, 0.2) is 5.96 Å². The average molecular weight is 533 g/mol. The summed E-state index contributed by atoms with van der Waals surface area (Å²) in [7, 11) is 3.82. The highest BCUT2D eigenvalue weighted by Crippen LogP contribution is 2.21. The molecular formula is C17H31Cl2IN6O. The molecule has 1 aromatic heterocycles. The van der Waals surface area contributed by atoms with Crippen molar-refractivity contribution in [1.29, 1.82) is 0 Å². The van der Waals surface area contributed by atoms with Crippen LogP contribution in [0.1, 0.15) is 13.3 Å². The van der Waals surface area contributed by atoms with Gasteiger partial charge < -0.3 is 25.6 Å². The molecule has 1 aromatic rings. The maximum absolute atomic E-state index is 6.09. The van der Waals surface area contributed by atoms with Crippen LogP contribution in [0.3, 0.4) is 0 Å². The number of hydrogen-bond acceptors (Lipinski definition) is 5. The normalized spacial score (nSPS) is 11.3. The molecule has 27 heavy (non-hydrogen) atoms. The van der Waals surface area contributed by atoms with Crippen molar-refractivity contribution < 1.29 is 4.74 Å². The molecule has 1 rings (SSSR count). The van der Waals surface area contributed by atoms with Crippen LogP contribution in [-0.4, -0.2) is 75.9 Å². The molecule has 10 heteroatoms. The van der Waals surface area contributed by atoms with Gasteiger partial charge >= 0.3 is 0 Å². The molecule has 0 aromatic carbocycles. The average Bonchev–Trinajstić information content (AvgIpc) is 2.60. The van der Waals surface area contributed by atoms with Gasteiger partial charge in [0.25, 0.3) is 0 Å². The zero-order chi connectivity index (χ0) is 19.2. The first-order chi connectivity index (χ1) is 12.6. The quantitative estimate of drug-likeness (QED) is 0.166. The smallest absolute Gasteiger partial charge is 0.191 e. The summed E-state index contributed by atoms with van der Waals surface area (Å²) in [6, 6.07) is 1.67. The van der Waals surface area contributed by atoms with Gasteiger partial charge in [-0.05, 0) is 26.5 Å². The van der Waals surface area contributed by atoms with Crippen molar-refractivity contribution in [1.82, 2.24) is 20.5 Å². The van der Waals surface area contributed by atoms with Crippen molar-refractivity contribution in [2.45, 2.75) is 13.3 Å². The molecule has 0 saturated heterocycles. The SMILES string of the molecule is CCNC(=NCCN(C)CCCOC)NCCNc1ncc(Cl)cc1Cl.I. The first-order valence-electron chi connectivity index (χ1n) is 8.81. The molecule has 156 valence electrons. The minimum absolute atomic E-state index is 0. The first kappa shape index (κ1) is 26.4. The number of halogens is 3. The van der Waals surface area contributed by atoms with Crippen molar-refractivity contribution in [3.8, 4) is 0 Å². The molecule has 0 saturated carbocycles. The highest BCUT2D eigenvalue weighted by molar-refractivity contribution is 14.0. The predicted molar refractivity (Wildman–Crippen MR) is 126 cm³/mol. The number of rotatable bonds is 12. The lowest BCUT2D eigenvalue weighted by Crippen LogP contribution is -2.40. The summed E-state index contributed by atoms with van der Waals surface area (Å²) >= 11 is 11.9. The summed E-state index contributed by atoms with van der Waals surface area (Å²) in [6.07, 6.45) is 2.60. The van der Waals surface area contributed by atoms with Gasteiger partial charge in [0, 0.05) is 52.6 Å². The number of guanidine groups is 1. The number of nitrogens with one attached hydrogen (secondary N) is 3. The van der Waals surface area contributed by atoms with Crippen LogP contribution in [0.15, 0.2) is 17.3 Å². The molecule has 0 amide bonds. The summed E-state index contributed by atoms with van der Waals surface area (Å²) in [4.78, 5) is 11.0. The summed E-state index contributed by atoms with van der Waals surface area (Å²) < 4.78 is 5.07. The number of ether oxygens (including phenoxy) is 1. The minimum Gasteiger partial charge on any atom is -0.385 e. The Kier molecular flexibility index (Phi) is 16.1. The molecule has 0 aliphatic heterocycles. The van der Waals surface area contributed by atoms with E-state index in [4.69, 9.17) is 27.9 Å². The van der Waals surface area contributed by atoms with Crippen LogP contribution in [0, 0.1) is 0 Å². The van der Waals surface area contributed by atoms with E-state index < -0.39 is 0 Å². The number of methoxy groups -OCH3 is 1. The Morgan fingerprint density at radius 3 is 2.70 bits per heavy atom. The van der Waals surface area contributed by atoms with E-state index in [1.165, 1.54) is 0 Å². The Morgan fingerprint density at radius 1 is 1.26 bits per heavy atom. The van der Waals surface area contributed by atoms with E-state index in [0.29, 0.717) is 29.0 Å². The van der Waals surface area contributed by atoms with Crippen molar-refractivity contribution in [2.75, 3.05) is 65.3 Å². The molecule has 0 spiro atoms. The molecule has 0 fully saturated rings. The van der Waals surface area contributed by atoms with Crippen LogP contribution < -0.4 is 16.0 Å². The summed E-state index contributed by atoms with van der Waals surface area (Å²) in [5.41, 5.74) is 0. The lowest BCUT2D eigenvalue weighted by molar-refractivity contribution is 0.180. The van der Waals surface area contributed by atoms with Gasteiger partial charge in [-0.2, -0.15) is 0 Å². The van der Waals surface area contributed by atoms with Crippen LogP contribution in [0.4, 0.5) is 5.82 Å². The Morgan fingerprint density at radius 2 is 2.04 bits per heavy atom. The molecule has 0 unspecified atom stereocenters. The fourth-order valence-corrected chi connectivity index (χ4v) is 2.62. The van der Waals surface area contributed by atoms with Crippen molar-refractivity contribution in [3.63, 3.8) is 0 Å². The summed E-state index contributed by atoms with van der Waals surface area (Å²) in [6.45, 7) is 7.64. The van der Waals surface area contributed by atoms with Crippen LogP contribution in [0.2, 0.25) is 10.0 Å². The monoisotopic (exact) mass is 532 g/mol. The van der Waals surface area contributed by atoms with E-state index in [1.54, 1.807) is 19.4 Å². The fraction of sp³-hybridized carbons (Fsp3) is 0.647. The van der Waals surface area contributed by atoms with Crippen LogP contribution in [0.5, 0.6) is 0 Å². The van der Waals surface area contributed by atoms with E-state index in [2.05, 4.69) is 37.9 Å². The Hall–Kier alpha value is -0.550. The molecule has 0 bridgehead atoms. The number of likely N-dealkylation sites (N-methyl/N-ethyl adjacent to an activating group) is 1. The number of aliphatic imine (C=N–C) groups is 1. The third kappa shape index (κ3) is 12.5. The largest absolute Gasteiger partial charge is 0.385 e. The summed E-state index contributed by atoms with van der Waals surface area (Å²) in [5.74, 6) is 1.42. The van der Waals surface area contributed by atoms with E-state index >= 15 is 0 Å². The lowest BCUT2D eigenvalue weighted by atomic mass is 10.4. The standard InChI is InChI=1S/C17H30Cl2N6O.HI/c1-4-20-17(23-8-10-25(2)9-5-11-26-3)22-7-6-21-16-15(19)12-14(18)13-24-16;/h12-13H,4-11H2,1-3H3,(H,21,24)(H2,20,22,23);1H. The van der Waals surface area contributed by atoms with E-state index in [9.17, 15) is 0 Å². The van der Waals surface area contributed by atoms with E-state index in [0.717, 1.165) is 45.2 Å². The molecular weight excluding hydrogens is 502 g/mol. The van der Waals surface area contributed by atoms with Crippen LogP contribution >= 0.6 is 47.2 Å². The number of nitrogens with zero attached hydrogens (tertiary/aromatic N) is 3. The number of hydrogen-bond donors (Lipinski definition) is 3. The topological polar surface area (TPSA) is 73.8 Å². The Bertz CT molecular complexity index is 550. The molecule has 0 aliphatic rings. The van der Waals surface area contributed by atoms with Crippen molar-refractivity contribution >= 4 is 59.0 Å². The number of pyridine rings is 1. The fourth-order valence-electron chi connectivity index (χ4n) is 2.17. The number of aromatic nitrogens is 1. The van der Waals surface area contributed by atoms with Gasteiger partial charge in [0.2, 0.25) is 0 Å². The first-order valence-corrected chi connectivity index (χ1v) is 9.57. The minimum atomic E-state index is 0. The maximum Gasteiger partial charge on any atom is 0.191 e. The highest BCUT2D eigenvalue weighted by atomic mass is 127. The number of anilines is 1. The van der Waals surface area contributed by atoms with Gasteiger partial charge in [-0.1, -0.05) is 23.2 Å². The Balaban J connectivity index is 0.00000676. The van der Waals surface area contributed by atoms with E-state index in [1.807, 2.05) is 6.92 Å². The second-order valence-electron chi connectivity index (χ2n) is 5.75. The second-order valence-corrected chi connectivity index (χ2v) is 6.59. The zero-order valence-corrected chi connectivity index (χ0v) is 20.1. The second kappa shape index (κ2) is 16.4. The predicted octanol–water partition coefficient (Wildman–Crippen LogP) is 2.94. The molecule has 0 aliphatic carbocycles. The zero-order valence-electron chi connectivity index (χ0n) is 16.2. The lowest BCUT2D eigenvalue weighted by Gasteiger charge is -2.16. The molecule has 0 radical (unpaired) electrons. The van der Waals surface area contributed by atoms with Gasteiger partial charge in [-0.3, -0.25) is 4.99 Å². The van der Waals surface area contributed by atoms with Gasteiger partial charge in [0.1, 0.15) is 5.82 Å². The van der Waals surface area contributed by atoms with Gasteiger partial charge in [-0.15, -0.1) is 24.0 Å².